The van der Waals surface area contributed by atoms with E-state index in [1.807, 2.05) is 0 Å². The van der Waals surface area contributed by atoms with Gasteiger partial charge in [-0.15, -0.1) is 11.8 Å². The van der Waals surface area contributed by atoms with Gasteiger partial charge in [-0.3, -0.25) is 9.59 Å². The van der Waals surface area contributed by atoms with Crippen LogP contribution in [0.15, 0.2) is 100 Å². The third-order valence-electron chi connectivity index (χ3n) is 7.45. The Kier molecular flexibility index (Phi) is 5.44. The second kappa shape index (κ2) is 16.7. The number of alkyl halides is 3. The van der Waals surface area contributed by atoms with E-state index in [1.165, 1.54) is 0 Å². The summed E-state index contributed by atoms with van der Waals surface area (Å²) in [6.07, 6.45) is -6.89. The van der Waals surface area contributed by atoms with Crippen molar-refractivity contribution in [3.8, 4) is 11.1 Å². The zero-order valence-electron chi connectivity index (χ0n) is 53.0. The van der Waals surface area contributed by atoms with Gasteiger partial charge in [0.1, 0.15) is 6.50 Å². The normalized spacial score (nSPS) is 22.5. The molecule has 0 N–H and O–H groups in total. The number of piperidine rings is 1. The number of amides is 1. The van der Waals surface area contributed by atoms with E-state index < -0.39 is 252 Å². The van der Waals surface area contributed by atoms with E-state index in [-0.39, 0.29) is 9.47 Å². The predicted molar refractivity (Wildman–Crippen MR) is 198 cm³/mol. The second-order valence-electron chi connectivity index (χ2n) is 11.0. The monoisotopic (exact) mass is 775 g/mol. The first kappa shape index (κ1) is 17.3. The van der Waals surface area contributed by atoms with Crippen LogP contribution in [-0.2, 0) is 34.4 Å². The highest BCUT2D eigenvalue weighted by atomic mass is 32.2. The quantitative estimate of drug-likeness (QED) is 0.0939. The van der Waals surface area contributed by atoms with Crippen molar-refractivity contribution < 1.29 is 67.1 Å². The lowest BCUT2D eigenvalue weighted by atomic mass is 10.00. The SMILES string of the molecule is [2H]c1c([2H])c(F)c(F)c(C([2H])([2H])Sc2c([2H])c(=O)c3c([2H])c(C)c([2H])c([2H])c3n2C([2H])([2H])C(=O)N(C2CCN(C([2H])([2H])COC([2H])([2H])[2H])CC2)C([2H])([2H])c2c([2H])c([2H])c(-c3c([2H])c([2H])c(C(F)(F)F)c([2H])c3[2H])c([2H])c2[2H])c1[2H]. The summed E-state index contributed by atoms with van der Waals surface area (Å²) in [5.74, 6) is -6.71. The van der Waals surface area contributed by atoms with Gasteiger partial charge in [0.15, 0.2) is 17.1 Å². The molecule has 0 radical (unpaired) electrons. The number of nitrogens with zero attached hydrogens (tertiary/aromatic N) is 3. The molecule has 278 valence electrons. The molecule has 1 amide bonds. The maximum absolute atomic E-state index is 15.7. The van der Waals surface area contributed by atoms with Gasteiger partial charge in [0.2, 0.25) is 5.91 Å². The molecule has 1 aromatic heterocycles. The maximum Gasteiger partial charge on any atom is 0.416 e. The molecule has 53 heavy (non-hydrogen) atoms. The van der Waals surface area contributed by atoms with Gasteiger partial charge in [0.25, 0.3) is 0 Å². The van der Waals surface area contributed by atoms with Gasteiger partial charge in [-0.2, -0.15) is 13.2 Å². The summed E-state index contributed by atoms with van der Waals surface area (Å²) in [7, 11) is -3.11. The lowest BCUT2D eigenvalue weighted by molar-refractivity contribution is -0.137. The van der Waals surface area contributed by atoms with Crippen LogP contribution < -0.4 is 5.43 Å². The van der Waals surface area contributed by atoms with Crippen molar-refractivity contribution in [1.29, 1.82) is 0 Å². The number of hydrogen-bond donors (Lipinski definition) is 0. The predicted octanol–water partition coefficient (Wildman–Crippen LogP) is 8.71. The number of benzene rings is 4. The number of hydrogen-bond acceptors (Lipinski definition) is 5. The molecule has 4 aromatic carbocycles. The van der Waals surface area contributed by atoms with E-state index in [0.717, 1.165) is 11.8 Å². The number of carbonyl (C=O) groups excluding carboxylic acids is 1. The van der Waals surface area contributed by atoms with E-state index in [0.29, 0.717) is 0 Å². The van der Waals surface area contributed by atoms with Gasteiger partial charge in [0, 0.05) is 67.3 Å². The molecule has 0 spiro atoms. The van der Waals surface area contributed by atoms with Crippen LogP contribution in [0.1, 0.15) is 70.7 Å². The largest absolute Gasteiger partial charge is 0.416 e. The molecule has 1 saturated heterocycles. The van der Waals surface area contributed by atoms with Gasteiger partial charge in [0.05, 0.1) is 52.9 Å². The number of methoxy groups -OCH3 is 1. The number of halogens is 5. The molecule has 1 aliphatic heterocycles. The van der Waals surface area contributed by atoms with Crippen molar-refractivity contribution in [3.05, 3.63) is 135 Å². The van der Waals surface area contributed by atoms with E-state index in [1.54, 1.807) is 0 Å². The molecule has 0 unspecified atom stereocenters. The summed E-state index contributed by atoms with van der Waals surface area (Å²) in [6.45, 7) is -12.2. The molecule has 0 atom stereocenters. The van der Waals surface area contributed by atoms with Crippen molar-refractivity contribution in [2.75, 3.05) is 33.2 Å². The number of fused-ring (bicyclic) bond motifs is 1. The standard InChI is InChI=1S/C41H40F5N3O3S/c1-27-6-15-36-34(22-27)37(50)23-39(53-26-31-4-3-5-35(42)40(31)43)49(36)25-38(51)48(33-16-18-47(19-17-33)20-21-52-2)24-28-7-9-29(10-8-28)30-11-13-32(14-12-30)41(44,45)46/h3-15,22-23,33H,16-21,24-26H2,1-2H3/i2D3,3D,4D,5D,6D,7D,8D,9D,10D,11D,12D,13D,14D,15D,20D2,22D,23D,24D2,25D2,26D2. The average molecular weight is 776 g/mol. The lowest BCUT2D eigenvalue weighted by Gasteiger charge is -2.39. The Morgan fingerprint density at radius 2 is 1.70 bits per heavy atom. The summed E-state index contributed by atoms with van der Waals surface area (Å²) < 4.78 is 300. The van der Waals surface area contributed by atoms with Gasteiger partial charge < -0.3 is 19.1 Å². The van der Waals surface area contributed by atoms with Crippen LogP contribution in [0.3, 0.4) is 0 Å². The third-order valence-corrected chi connectivity index (χ3v) is 8.23. The highest BCUT2D eigenvalue weighted by Gasteiger charge is 2.31. The number of ether oxygens (including phenoxy) is 1. The van der Waals surface area contributed by atoms with Crippen molar-refractivity contribution >= 4 is 28.6 Å². The number of aromatic nitrogens is 1. The first-order valence-corrected chi connectivity index (χ1v) is 16.0. The molecular formula is C41H40F5N3O3S. The fourth-order valence-corrected chi connectivity index (χ4v) is 5.63. The minimum absolute atomic E-state index is 0.0649. The summed E-state index contributed by atoms with van der Waals surface area (Å²) >= 11 is -0.625. The van der Waals surface area contributed by atoms with Crippen LogP contribution in [-0.4, -0.2) is 59.5 Å². The van der Waals surface area contributed by atoms with E-state index in [4.69, 9.17) is 30.2 Å². The first-order chi connectivity index (χ1) is 35.8. The fourth-order valence-electron chi connectivity index (χ4n) is 4.91. The Bertz CT molecular complexity index is 3350. The third kappa shape index (κ3) is 9.17. The first-order valence-electron chi connectivity index (χ1n) is 28.2. The topological polar surface area (TPSA) is 54.8 Å². The highest BCUT2D eigenvalue weighted by Crippen LogP contribution is 2.32. The molecule has 0 bridgehead atoms. The molecule has 5 aromatic rings. The lowest BCUT2D eigenvalue weighted by Crippen LogP contribution is -2.48. The zero-order valence-corrected chi connectivity index (χ0v) is 27.8. The van der Waals surface area contributed by atoms with Crippen LogP contribution in [0.4, 0.5) is 22.0 Å². The number of pyridine rings is 1. The Morgan fingerprint density at radius 1 is 1.00 bits per heavy atom. The van der Waals surface area contributed by atoms with Gasteiger partial charge >= 0.3 is 6.18 Å². The molecule has 12 heteroatoms. The smallest absolute Gasteiger partial charge is 0.383 e. The van der Waals surface area contributed by atoms with E-state index >= 15 is 13.6 Å². The van der Waals surface area contributed by atoms with Crippen molar-refractivity contribution in [2.24, 2.45) is 0 Å². The van der Waals surface area contributed by atoms with Crippen LogP contribution in [0.2, 0.25) is 0 Å². The molecule has 1 fully saturated rings. The Morgan fingerprint density at radius 3 is 2.38 bits per heavy atom. The van der Waals surface area contributed by atoms with Gasteiger partial charge in [-0.05, 0) is 66.7 Å². The molecule has 2 heterocycles. The second-order valence-corrected chi connectivity index (χ2v) is 11.8. The maximum atomic E-state index is 15.7. The molecule has 0 aliphatic carbocycles. The van der Waals surface area contributed by atoms with Crippen LogP contribution >= 0.6 is 11.8 Å². The van der Waals surface area contributed by atoms with Crippen molar-refractivity contribution in [1.82, 2.24) is 14.4 Å². The molecule has 1 aliphatic rings. The van der Waals surface area contributed by atoms with Crippen LogP contribution in [0, 0.1) is 18.6 Å². The summed E-state index contributed by atoms with van der Waals surface area (Å²) in [4.78, 5) is 30.7. The van der Waals surface area contributed by atoms with Crippen molar-refractivity contribution in [3.63, 3.8) is 0 Å². The molecule has 6 nitrogen and oxygen atoms in total. The highest BCUT2D eigenvalue weighted by molar-refractivity contribution is 7.98. The van der Waals surface area contributed by atoms with E-state index in [2.05, 4.69) is 4.74 Å². The minimum atomic E-state index is -5.49. The van der Waals surface area contributed by atoms with Crippen molar-refractivity contribution in [2.45, 2.75) is 55.7 Å². The fraction of sp³-hybridized carbons (Fsp3) is 0.317. The molecular weight excluding hydrogens is 710 g/mol. The Balaban J connectivity index is 1.69. The number of rotatable bonds is 12. The Labute approximate surface area is 345 Å². The number of likely N-dealkylation sites (tertiary alicyclic amines) is 1. The van der Waals surface area contributed by atoms with Gasteiger partial charge in [-0.1, -0.05) is 59.9 Å². The molecule has 0 saturated carbocycles. The summed E-state index contributed by atoms with van der Waals surface area (Å²) in [5, 5.41) is -2.59. The van der Waals surface area contributed by atoms with Crippen LogP contribution in [0.25, 0.3) is 22.0 Å². The summed E-state index contributed by atoms with van der Waals surface area (Å²) in [6, 6.07) is -23.6. The van der Waals surface area contributed by atoms with Crippen LogP contribution in [0.5, 0.6) is 0 Å². The number of thioether (sulfide) groups is 1. The van der Waals surface area contributed by atoms with E-state index in [9.17, 15) is 23.4 Å². The van der Waals surface area contributed by atoms with Gasteiger partial charge in [-0.25, -0.2) is 8.78 Å². The molecule has 6 rings (SSSR count). The summed E-state index contributed by atoms with van der Waals surface area (Å²) in [5.41, 5.74) is -14.9. The average Bonchev–Trinajstić information content (AvgIpc) is 3.46. The Hall–Kier alpha value is -4.52. The minimum Gasteiger partial charge on any atom is -0.383 e. The zero-order chi connectivity index (χ0) is 60.4. The number of carbonyl (C=O) groups is 1.